The van der Waals surface area contributed by atoms with Gasteiger partial charge in [0.15, 0.2) is 0 Å². The van der Waals surface area contributed by atoms with Gasteiger partial charge < -0.3 is 10.4 Å². The van der Waals surface area contributed by atoms with Gasteiger partial charge in [-0.15, -0.1) is 0 Å². The molecule has 2 N–H and O–H groups in total. The van der Waals surface area contributed by atoms with Crippen molar-refractivity contribution < 1.29 is 5.11 Å². The fourth-order valence-corrected chi connectivity index (χ4v) is 2.80. The second kappa shape index (κ2) is 6.14. The molecule has 0 amide bonds. The third-order valence-corrected chi connectivity index (χ3v) is 4.09. The first-order chi connectivity index (χ1) is 10.2. The molecule has 0 aliphatic carbocycles. The van der Waals surface area contributed by atoms with E-state index in [9.17, 15) is 5.11 Å². The molecule has 3 rings (SSSR count). The zero-order valence-electron chi connectivity index (χ0n) is 11.4. The van der Waals surface area contributed by atoms with E-state index in [1.165, 1.54) is 5.56 Å². The van der Waals surface area contributed by atoms with Gasteiger partial charge in [-0.25, -0.2) is 4.98 Å². The maximum atomic E-state index is 9.27. The third-order valence-electron chi connectivity index (χ3n) is 3.40. The van der Waals surface area contributed by atoms with Gasteiger partial charge in [-0.2, -0.15) is 0 Å². The van der Waals surface area contributed by atoms with E-state index in [0.29, 0.717) is 5.75 Å². The van der Waals surface area contributed by atoms with Gasteiger partial charge in [-0.05, 0) is 36.2 Å². The Morgan fingerprint density at radius 1 is 1.00 bits per heavy atom. The number of anilines is 1. The molecule has 0 bridgehead atoms. The Labute approximate surface area is 131 Å². The number of aromatic nitrogens is 1. The summed E-state index contributed by atoms with van der Waals surface area (Å²) in [4.78, 5) is 4.42. The fraction of sp³-hybridized carbons (Fsp3) is 0.118. The molecule has 0 saturated carbocycles. The van der Waals surface area contributed by atoms with Crippen LogP contribution in [0, 0.1) is 0 Å². The summed E-state index contributed by atoms with van der Waals surface area (Å²) in [5.74, 6) is 1.19. The normalized spacial score (nSPS) is 10.7. The summed E-state index contributed by atoms with van der Waals surface area (Å²) in [7, 11) is 0. The van der Waals surface area contributed by atoms with Crippen molar-refractivity contribution in [2.75, 3.05) is 11.9 Å². The predicted molar refractivity (Wildman–Crippen MR) is 89.7 cm³/mol. The van der Waals surface area contributed by atoms with Crippen LogP contribution in [0.15, 0.2) is 59.2 Å². The molecule has 106 valence electrons. The number of nitrogens with zero attached hydrogens (tertiary/aromatic N) is 1. The number of nitrogens with one attached hydrogen (secondary N) is 1. The van der Waals surface area contributed by atoms with E-state index in [4.69, 9.17) is 0 Å². The third kappa shape index (κ3) is 3.16. The molecule has 4 heteroatoms. The van der Waals surface area contributed by atoms with Crippen LogP contribution < -0.4 is 5.32 Å². The number of halogens is 1. The number of aromatic hydroxyl groups is 1. The Bertz CT molecular complexity index is 756. The largest absolute Gasteiger partial charge is 0.508 e. The average Bonchev–Trinajstić information content (AvgIpc) is 2.50. The summed E-state index contributed by atoms with van der Waals surface area (Å²) in [6.07, 6.45) is 2.70. The molecule has 0 atom stereocenters. The average molecular weight is 343 g/mol. The Kier molecular flexibility index (Phi) is 4.06. The summed E-state index contributed by atoms with van der Waals surface area (Å²) in [6, 6.07) is 15.4. The van der Waals surface area contributed by atoms with Gasteiger partial charge in [0, 0.05) is 28.0 Å². The van der Waals surface area contributed by atoms with Crippen molar-refractivity contribution in [3.05, 3.63) is 64.8 Å². The minimum Gasteiger partial charge on any atom is -0.508 e. The maximum Gasteiger partial charge on any atom is 0.133 e. The highest BCUT2D eigenvalue weighted by molar-refractivity contribution is 9.10. The molecule has 1 heterocycles. The van der Waals surface area contributed by atoms with E-state index in [1.807, 2.05) is 36.5 Å². The van der Waals surface area contributed by atoms with E-state index in [-0.39, 0.29) is 0 Å². The van der Waals surface area contributed by atoms with Crippen LogP contribution in [0.25, 0.3) is 10.8 Å². The molecule has 2 aromatic carbocycles. The van der Waals surface area contributed by atoms with Crippen LogP contribution in [0.1, 0.15) is 5.56 Å². The molecule has 0 saturated heterocycles. The molecule has 0 aliphatic heterocycles. The van der Waals surface area contributed by atoms with Crippen LogP contribution in [0.2, 0.25) is 0 Å². The van der Waals surface area contributed by atoms with E-state index in [1.54, 1.807) is 12.1 Å². The van der Waals surface area contributed by atoms with Gasteiger partial charge >= 0.3 is 0 Å². The van der Waals surface area contributed by atoms with Crippen molar-refractivity contribution in [2.24, 2.45) is 0 Å². The molecule has 3 nitrogen and oxygen atoms in total. The number of hydrogen-bond donors (Lipinski definition) is 2. The number of phenols is 1. The van der Waals surface area contributed by atoms with Crippen molar-refractivity contribution in [2.45, 2.75) is 6.42 Å². The second-order valence-electron chi connectivity index (χ2n) is 4.84. The zero-order valence-corrected chi connectivity index (χ0v) is 13.0. The number of phenolic OH excluding ortho intramolecular Hbond substituents is 1. The lowest BCUT2D eigenvalue weighted by Gasteiger charge is -2.09. The van der Waals surface area contributed by atoms with Crippen LogP contribution in [-0.4, -0.2) is 16.6 Å². The molecule has 0 unspecified atom stereocenters. The predicted octanol–water partition coefficient (Wildman–Crippen LogP) is 4.36. The standard InChI is InChI=1S/C17H15BrN2O/c18-16-3-1-2-15-14(16)9-11-20-17(15)19-10-8-12-4-6-13(21)7-5-12/h1-7,9,11,21H,8,10H2,(H,19,20). The Morgan fingerprint density at radius 2 is 1.81 bits per heavy atom. The summed E-state index contributed by atoms with van der Waals surface area (Å²) in [5.41, 5.74) is 1.18. The highest BCUT2D eigenvalue weighted by atomic mass is 79.9. The molecular weight excluding hydrogens is 328 g/mol. The van der Waals surface area contributed by atoms with Crippen molar-refractivity contribution in [1.29, 1.82) is 0 Å². The second-order valence-corrected chi connectivity index (χ2v) is 5.69. The zero-order chi connectivity index (χ0) is 14.7. The molecular formula is C17H15BrN2O. The topological polar surface area (TPSA) is 45.1 Å². The van der Waals surface area contributed by atoms with Gasteiger partial charge in [-0.3, -0.25) is 0 Å². The van der Waals surface area contributed by atoms with Gasteiger partial charge in [0.25, 0.3) is 0 Å². The Balaban J connectivity index is 1.73. The fourth-order valence-electron chi connectivity index (χ4n) is 2.30. The highest BCUT2D eigenvalue weighted by Gasteiger charge is 2.04. The lowest BCUT2D eigenvalue weighted by Crippen LogP contribution is -2.06. The monoisotopic (exact) mass is 342 g/mol. The van der Waals surface area contributed by atoms with Crippen molar-refractivity contribution in [3.8, 4) is 5.75 Å². The SMILES string of the molecule is Oc1ccc(CCNc2nccc3c(Br)cccc23)cc1. The van der Waals surface area contributed by atoms with E-state index in [2.05, 4.69) is 32.3 Å². The van der Waals surface area contributed by atoms with E-state index < -0.39 is 0 Å². The van der Waals surface area contributed by atoms with E-state index in [0.717, 1.165) is 34.0 Å². The Morgan fingerprint density at radius 3 is 2.62 bits per heavy atom. The van der Waals surface area contributed by atoms with Crippen molar-refractivity contribution in [1.82, 2.24) is 4.98 Å². The number of pyridine rings is 1. The van der Waals surface area contributed by atoms with Crippen molar-refractivity contribution in [3.63, 3.8) is 0 Å². The van der Waals surface area contributed by atoms with E-state index >= 15 is 0 Å². The van der Waals surface area contributed by atoms with Crippen LogP contribution in [0.5, 0.6) is 5.75 Å². The first-order valence-corrected chi connectivity index (χ1v) is 7.58. The molecule has 0 aliphatic rings. The van der Waals surface area contributed by atoms with Gasteiger partial charge in [0.05, 0.1) is 0 Å². The van der Waals surface area contributed by atoms with Crippen LogP contribution in [0.3, 0.4) is 0 Å². The molecule has 3 aromatic rings. The summed E-state index contributed by atoms with van der Waals surface area (Å²) in [6.45, 7) is 0.795. The van der Waals surface area contributed by atoms with Crippen LogP contribution in [0.4, 0.5) is 5.82 Å². The molecule has 21 heavy (non-hydrogen) atoms. The molecule has 1 aromatic heterocycles. The molecule has 0 radical (unpaired) electrons. The molecule has 0 fully saturated rings. The van der Waals surface area contributed by atoms with Gasteiger partial charge in [-0.1, -0.05) is 40.2 Å². The molecule has 0 spiro atoms. The number of fused-ring (bicyclic) bond motifs is 1. The van der Waals surface area contributed by atoms with Gasteiger partial charge in [0.2, 0.25) is 0 Å². The van der Waals surface area contributed by atoms with Crippen molar-refractivity contribution >= 4 is 32.5 Å². The summed E-state index contributed by atoms with van der Waals surface area (Å²) < 4.78 is 1.07. The number of benzene rings is 2. The first-order valence-electron chi connectivity index (χ1n) is 6.79. The smallest absolute Gasteiger partial charge is 0.133 e. The highest BCUT2D eigenvalue weighted by Crippen LogP contribution is 2.27. The lowest BCUT2D eigenvalue weighted by atomic mass is 10.1. The lowest BCUT2D eigenvalue weighted by molar-refractivity contribution is 0.475. The van der Waals surface area contributed by atoms with Crippen LogP contribution in [-0.2, 0) is 6.42 Å². The maximum absolute atomic E-state index is 9.27. The first kappa shape index (κ1) is 13.9. The quantitative estimate of drug-likeness (QED) is 0.740. The van der Waals surface area contributed by atoms with Crippen LogP contribution >= 0.6 is 15.9 Å². The minimum atomic E-state index is 0.298. The number of rotatable bonds is 4. The number of hydrogen-bond acceptors (Lipinski definition) is 3. The minimum absolute atomic E-state index is 0.298. The summed E-state index contributed by atoms with van der Waals surface area (Å²) >= 11 is 3.56. The Hall–Kier alpha value is -2.07. The van der Waals surface area contributed by atoms with Gasteiger partial charge in [0.1, 0.15) is 11.6 Å². The summed E-state index contributed by atoms with van der Waals surface area (Å²) in [5, 5.41) is 14.9.